The first-order valence-electron chi connectivity index (χ1n) is 11.9. The van der Waals surface area contributed by atoms with E-state index in [2.05, 4.69) is 32.6 Å². The predicted molar refractivity (Wildman–Crippen MR) is 127 cm³/mol. The largest absolute Gasteiger partial charge is 0.390 e. The Hall–Kier alpha value is -0.710. The average molecular weight is 435 g/mol. The SMILES string of the molecule is C=C1/C(=C/C=C2\CCC[C@]3(C)[C@@H]([C@H](C)CCCC(C)(C)O)CC[C@@H]23)CS(=O)C[C@@H]1O. The molecule has 3 rings (SSSR count). The van der Waals surface area contributed by atoms with Crippen LogP contribution in [-0.4, -0.2) is 37.6 Å². The topological polar surface area (TPSA) is 57.5 Å². The molecule has 2 aliphatic carbocycles. The van der Waals surface area contributed by atoms with Crippen molar-refractivity contribution in [2.45, 2.75) is 90.8 Å². The van der Waals surface area contributed by atoms with Crippen molar-refractivity contribution >= 4 is 10.8 Å². The van der Waals surface area contributed by atoms with Gasteiger partial charge in [0.1, 0.15) is 0 Å². The minimum Gasteiger partial charge on any atom is -0.390 e. The quantitative estimate of drug-likeness (QED) is 0.595. The molecule has 0 aromatic rings. The van der Waals surface area contributed by atoms with Crippen LogP contribution in [0.3, 0.4) is 0 Å². The lowest BCUT2D eigenvalue weighted by Crippen LogP contribution is -2.36. The van der Waals surface area contributed by atoms with E-state index in [1.165, 1.54) is 32.1 Å². The molecule has 0 radical (unpaired) electrons. The summed E-state index contributed by atoms with van der Waals surface area (Å²) in [6.45, 7) is 12.8. The van der Waals surface area contributed by atoms with E-state index in [-0.39, 0.29) is 0 Å². The van der Waals surface area contributed by atoms with Gasteiger partial charge in [-0.25, -0.2) is 0 Å². The molecule has 30 heavy (non-hydrogen) atoms. The summed E-state index contributed by atoms with van der Waals surface area (Å²) in [5.74, 6) is 2.91. The van der Waals surface area contributed by atoms with Crippen LogP contribution in [0.25, 0.3) is 0 Å². The number of aliphatic hydroxyl groups excluding tert-OH is 1. The van der Waals surface area contributed by atoms with Crippen molar-refractivity contribution in [2.75, 3.05) is 11.5 Å². The van der Waals surface area contributed by atoms with Crippen LogP contribution in [-0.2, 0) is 10.8 Å². The lowest BCUT2D eigenvalue weighted by Gasteiger charge is -2.44. The number of rotatable bonds is 6. The number of fused-ring (bicyclic) bond motifs is 1. The fourth-order valence-electron chi connectivity index (χ4n) is 6.45. The molecule has 3 aliphatic rings. The summed E-state index contributed by atoms with van der Waals surface area (Å²) in [6.07, 6.45) is 13.1. The Morgan fingerprint density at radius 1 is 1.33 bits per heavy atom. The smallest absolute Gasteiger partial charge is 0.0902 e. The zero-order chi connectivity index (χ0) is 22.1. The van der Waals surface area contributed by atoms with Gasteiger partial charge >= 0.3 is 0 Å². The molecule has 2 N–H and O–H groups in total. The molecule has 3 fully saturated rings. The van der Waals surface area contributed by atoms with Crippen LogP contribution in [0.5, 0.6) is 0 Å². The minimum atomic E-state index is -0.989. The third-order valence-electron chi connectivity index (χ3n) is 8.15. The van der Waals surface area contributed by atoms with Gasteiger partial charge in [0.05, 0.1) is 17.5 Å². The van der Waals surface area contributed by atoms with E-state index in [4.69, 9.17) is 0 Å². The van der Waals surface area contributed by atoms with Gasteiger partial charge in [-0.1, -0.05) is 51.0 Å². The summed E-state index contributed by atoms with van der Waals surface area (Å²) >= 11 is 0. The van der Waals surface area contributed by atoms with Gasteiger partial charge in [-0.15, -0.1) is 0 Å². The third kappa shape index (κ3) is 5.37. The van der Waals surface area contributed by atoms with Gasteiger partial charge in [-0.2, -0.15) is 0 Å². The molecule has 6 atom stereocenters. The van der Waals surface area contributed by atoms with Gasteiger partial charge in [-0.3, -0.25) is 4.21 Å². The summed E-state index contributed by atoms with van der Waals surface area (Å²) < 4.78 is 12.0. The second kappa shape index (κ2) is 9.42. The Morgan fingerprint density at radius 3 is 2.77 bits per heavy atom. The molecule has 0 amide bonds. The van der Waals surface area contributed by atoms with Crippen LogP contribution in [0.4, 0.5) is 0 Å². The lowest BCUT2D eigenvalue weighted by molar-refractivity contribution is 0.0596. The number of aliphatic hydroxyl groups is 2. The van der Waals surface area contributed by atoms with E-state index in [9.17, 15) is 14.4 Å². The summed E-state index contributed by atoms with van der Waals surface area (Å²) in [7, 11) is -0.989. The van der Waals surface area contributed by atoms with Gasteiger partial charge < -0.3 is 10.2 Å². The van der Waals surface area contributed by atoms with E-state index >= 15 is 0 Å². The summed E-state index contributed by atoms with van der Waals surface area (Å²) in [5, 5.41) is 20.1. The van der Waals surface area contributed by atoms with Crippen molar-refractivity contribution in [1.29, 1.82) is 0 Å². The molecule has 0 bridgehead atoms. The third-order valence-corrected chi connectivity index (χ3v) is 9.47. The Morgan fingerprint density at radius 2 is 2.07 bits per heavy atom. The monoisotopic (exact) mass is 434 g/mol. The van der Waals surface area contributed by atoms with Crippen molar-refractivity contribution in [3.63, 3.8) is 0 Å². The number of hydrogen-bond acceptors (Lipinski definition) is 3. The van der Waals surface area contributed by atoms with E-state index in [1.807, 2.05) is 13.8 Å². The van der Waals surface area contributed by atoms with Crippen LogP contribution >= 0.6 is 0 Å². The molecule has 1 saturated heterocycles. The minimum absolute atomic E-state index is 0.320. The second-order valence-electron chi connectivity index (χ2n) is 11.0. The summed E-state index contributed by atoms with van der Waals surface area (Å²) in [5.41, 5.74) is 3.05. The molecule has 4 heteroatoms. The first-order chi connectivity index (χ1) is 14.0. The number of hydrogen-bond donors (Lipinski definition) is 2. The van der Waals surface area contributed by atoms with Gasteiger partial charge in [0.15, 0.2) is 0 Å². The van der Waals surface area contributed by atoms with Gasteiger partial charge in [0.2, 0.25) is 0 Å². The second-order valence-corrected chi connectivity index (χ2v) is 12.5. The maximum absolute atomic E-state index is 12.0. The molecule has 1 heterocycles. The molecule has 0 aromatic heterocycles. The Bertz CT molecular complexity index is 729. The molecule has 1 unspecified atom stereocenters. The Kier molecular flexibility index (Phi) is 7.52. The Labute approximate surface area is 186 Å². The molecule has 0 spiro atoms. The first kappa shape index (κ1) is 23.9. The molecular weight excluding hydrogens is 392 g/mol. The van der Waals surface area contributed by atoms with Crippen LogP contribution in [0.1, 0.15) is 79.1 Å². The predicted octanol–water partition coefficient (Wildman–Crippen LogP) is 5.31. The van der Waals surface area contributed by atoms with Crippen molar-refractivity contribution in [2.24, 2.45) is 23.2 Å². The van der Waals surface area contributed by atoms with Crippen molar-refractivity contribution in [3.8, 4) is 0 Å². The van der Waals surface area contributed by atoms with Crippen LogP contribution in [0.15, 0.2) is 35.5 Å². The van der Waals surface area contributed by atoms with E-state index in [0.717, 1.165) is 36.3 Å². The van der Waals surface area contributed by atoms with E-state index in [1.54, 1.807) is 5.57 Å². The first-order valence-corrected chi connectivity index (χ1v) is 13.3. The fourth-order valence-corrected chi connectivity index (χ4v) is 7.75. The van der Waals surface area contributed by atoms with Gasteiger partial charge in [0.25, 0.3) is 0 Å². The molecule has 1 aliphatic heterocycles. The Balaban J connectivity index is 1.71. The fraction of sp³-hybridized carbons (Fsp3) is 0.769. The maximum atomic E-state index is 12.0. The molecule has 2 saturated carbocycles. The standard InChI is InChI=1S/C26H42O3S/c1-18(8-6-14-25(3,4)28)22-12-13-23-20(9-7-15-26(22,23)5)10-11-21-16-30(29)17-24(27)19(21)2/h10-11,18,22-24,27-28H,2,6-9,12-17H2,1,3-5H3/b20-10+,21-11+/t18-,22-,23+,24+,26-,30?/m1/s1. The summed E-state index contributed by atoms with van der Waals surface area (Å²) in [4.78, 5) is 0. The van der Waals surface area contributed by atoms with Crippen molar-refractivity contribution in [3.05, 3.63) is 35.5 Å². The lowest BCUT2D eigenvalue weighted by atomic mass is 9.60. The van der Waals surface area contributed by atoms with Crippen molar-refractivity contribution in [1.82, 2.24) is 0 Å². The number of allylic oxidation sites excluding steroid dienone is 3. The highest BCUT2D eigenvalue weighted by Gasteiger charge is 2.50. The van der Waals surface area contributed by atoms with Gasteiger partial charge in [0, 0.05) is 16.6 Å². The zero-order valence-electron chi connectivity index (χ0n) is 19.5. The van der Waals surface area contributed by atoms with Crippen LogP contribution in [0.2, 0.25) is 0 Å². The highest BCUT2D eigenvalue weighted by atomic mass is 32.2. The highest BCUT2D eigenvalue weighted by Crippen LogP contribution is 2.59. The molecular formula is C26H42O3S. The summed E-state index contributed by atoms with van der Waals surface area (Å²) in [6, 6.07) is 0. The molecule has 170 valence electrons. The van der Waals surface area contributed by atoms with Crippen LogP contribution < -0.4 is 0 Å². The van der Waals surface area contributed by atoms with Crippen molar-refractivity contribution < 1.29 is 14.4 Å². The molecule has 0 aromatic carbocycles. The molecule has 3 nitrogen and oxygen atoms in total. The zero-order valence-corrected chi connectivity index (χ0v) is 20.3. The normalized spacial score (nSPS) is 38.8. The van der Waals surface area contributed by atoms with Gasteiger partial charge in [-0.05, 0) is 86.7 Å². The maximum Gasteiger partial charge on any atom is 0.0902 e. The van der Waals surface area contributed by atoms with E-state index in [0.29, 0.717) is 28.8 Å². The highest BCUT2D eigenvalue weighted by molar-refractivity contribution is 7.85. The van der Waals surface area contributed by atoms with Crippen LogP contribution in [0, 0.1) is 23.2 Å². The average Bonchev–Trinajstić information content (AvgIpc) is 3.00. The van der Waals surface area contributed by atoms with E-state index < -0.39 is 22.5 Å².